The SMILES string of the molecule is COC(C)Cn1c(SCC(=O)O)nc2c(F)cc(F)cc21. The van der Waals surface area contributed by atoms with E-state index in [2.05, 4.69) is 4.98 Å². The molecule has 2 rings (SSSR count). The molecule has 0 amide bonds. The molecule has 1 aromatic carbocycles. The number of imidazole rings is 1. The topological polar surface area (TPSA) is 64.3 Å². The standard InChI is InChI=1S/C13H14F2N2O3S/c1-7(20-2)5-17-10-4-8(14)3-9(15)12(10)16-13(17)21-6-11(18)19/h3-4,7H,5-6H2,1-2H3,(H,18,19). The van der Waals surface area contributed by atoms with Crippen LogP contribution < -0.4 is 0 Å². The molecule has 0 saturated carbocycles. The van der Waals surface area contributed by atoms with Gasteiger partial charge in [-0.1, -0.05) is 11.8 Å². The number of carboxylic acids is 1. The van der Waals surface area contributed by atoms with Crippen LogP contribution in [0.25, 0.3) is 11.0 Å². The van der Waals surface area contributed by atoms with E-state index in [1.165, 1.54) is 13.2 Å². The molecular weight excluding hydrogens is 302 g/mol. The van der Waals surface area contributed by atoms with Crippen molar-refractivity contribution < 1.29 is 23.4 Å². The predicted molar refractivity (Wildman–Crippen MR) is 74.5 cm³/mol. The van der Waals surface area contributed by atoms with Crippen LogP contribution in [0.3, 0.4) is 0 Å². The molecular formula is C13H14F2N2O3S. The van der Waals surface area contributed by atoms with Crippen molar-refractivity contribution in [1.29, 1.82) is 0 Å². The van der Waals surface area contributed by atoms with E-state index in [0.717, 1.165) is 17.8 Å². The van der Waals surface area contributed by atoms with Crippen molar-refractivity contribution in [3.05, 3.63) is 23.8 Å². The van der Waals surface area contributed by atoms with Crippen molar-refractivity contribution >= 4 is 28.8 Å². The lowest BCUT2D eigenvalue weighted by Crippen LogP contribution is -2.15. The van der Waals surface area contributed by atoms with Crippen LogP contribution in [0.4, 0.5) is 8.78 Å². The lowest BCUT2D eigenvalue weighted by atomic mass is 10.3. The second kappa shape index (κ2) is 6.40. The molecule has 0 aliphatic carbocycles. The minimum atomic E-state index is -1.01. The first-order valence-electron chi connectivity index (χ1n) is 6.15. The largest absolute Gasteiger partial charge is 0.481 e. The third-order valence-corrected chi connectivity index (χ3v) is 3.87. The lowest BCUT2D eigenvalue weighted by Gasteiger charge is -2.13. The Morgan fingerprint density at radius 2 is 2.24 bits per heavy atom. The van der Waals surface area contributed by atoms with Crippen LogP contribution >= 0.6 is 11.8 Å². The highest BCUT2D eigenvalue weighted by Gasteiger charge is 2.18. The maximum atomic E-state index is 13.8. The first-order chi connectivity index (χ1) is 9.92. The van der Waals surface area contributed by atoms with E-state index in [1.807, 2.05) is 0 Å². The molecule has 114 valence electrons. The van der Waals surface area contributed by atoms with Gasteiger partial charge >= 0.3 is 5.97 Å². The number of benzene rings is 1. The van der Waals surface area contributed by atoms with Crippen LogP contribution in [0.2, 0.25) is 0 Å². The van der Waals surface area contributed by atoms with E-state index in [0.29, 0.717) is 11.7 Å². The van der Waals surface area contributed by atoms with Gasteiger partial charge in [0.1, 0.15) is 11.3 Å². The third-order valence-electron chi connectivity index (χ3n) is 2.90. The van der Waals surface area contributed by atoms with Gasteiger partial charge in [-0.2, -0.15) is 0 Å². The van der Waals surface area contributed by atoms with Gasteiger partial charge in [0, 0.05) is 19.2 Å². The first-order valence-corrected chi connectivity index (χ1v) is 7.13. The summed E-state index contributed by atoms with van der Waals surface area (Å²) in [7, 11) is 1.52. The fourth-order valence-electron chi connectivity index (χ4n) is 1.87. The summed E-state index contributed by atoms with van der Waals surface area (Å²) < 4.78 is 33.9. The Bertz CT molecular complexity index is 675. The maximum absolute atomic E-state index is 13.8. The molecule has 21 heavy (non-hydrogen) atoms. The summed E-state index contributed by atoms with van der Waals surface area (Å²) in [5.74, 6) is -2.70. The van der Waals surface area contributed by atoms with E-state index in [-0.39, 0.29) is 22.9 Å². The zero-order valence-corrected chi connectivity index (χ0v) is 12.3. The van der Waals surface area contributed by atoms with Crippen molar-refractivity contribution in [1.82, 2.24) is 9.55 Å². The van der Waals surface area contributed by atoms with Crippen LogP contribution in [0, 0.1) is 11.6 Å². The summed E-state index contributed by atoms with van der Waals surface area (Å²) in [6.45, 7) is 2.12. The number of rotatable bonds is 6. The number of aliphatic carboxylic acids is 1. The van der Waals surface area contributed by atoms with Gasteiger partial charge in [-0.25, -0.2) is 13.8 Å². The van der Waals surface area contributed by atoms with Crippen molar-refractivity contribution in [2.24, 2.45) is 0 Å². The van der Waals surface area contributed by atoms with Crippen molar-refractivity contribution in [2.45, 2.75) is 24.7 Å². The zero-order chi connectivity index (χ0) is 15.6. The molecule has 0 radical (unpaired) electrons. The fourth-order valence-corrected chi connectivity index (χ4v) is 2.61. The third kappa shape index (κ3) is 3.51. The Morgan fingerprint density at radius 3 is 2.86 bits per heavy atom. The van der Waals surface area contributed by atoms with E-state index in [1.54, 1.807) is 11.5 Å². The highest BCUT2D eigenvalue weighted by molar-refractivity contribution is 7.99. The highest BCUT2D eigenvalue weighted by atomic mass is 32.2. The molecule has 1 unspecified atom stereocenters. The van der Waals surface area contributed by atoms with Crippen molar-refractivity contribution in [3.63, 3.8) is 0 Å². The molecule has 0 fully saturated rings. The zero-order valence-electron chi connectivity index (χ0n) is 11.5. The molecule has 2 aromatic rings. The van der Waals surface area contributed by atoms with Crippen LogP contribution in [0.5, 0.6) is 0 Å². The smallest absolute Gasteiger partial charge is 0.313 e. The van der Waals surface area contributed by atoms with Crippen LogP contribution in [-0.2, 0) is 16.1 Å². The Hall–Kier alpha value is -1.67. The van der Waals surface area contributed by atoms with E-state index in [4.69, 9.17) is 9.84 Å². The monoisotopic (exact) mass is 316 g/mol. The first kappa shape index (κ1) is 15.7. The van der Waals surface area contributed by atoms with Gasteiger partial charge in [0.25, 0.3) is 0 Å². The summed E-state index contributed by atoms with van der Waals surface area (Å²) in [6.07, 6.45) is -0.210. The van der Waals surface area contributed by atoms with Gasteiger partial charge in [-0.05, 0) is 6.92 Å². The Labute approximate surface area is 123 Å². The van der Waals surface area contributed by atoms with Gasteiger partial charge in [-0.15, -0.1) is 0 Å². The quantitative estimate of drug-likeness (QED) is 0.830. The highest BCUT2D eigenvalue weighted by Crippen LogP contribution is 2.27. The Kier molecular flexibility index (Phi) is 4.79. The number of halogens is 2. The number of hydrogen-bond donors (Lipinski definition) is 1. The summed E-state index contributed by atoms with van der Waals surface area (Å²) in [5.41, 5.74) is 0.303. The number of aromatic nitrogens is 2. The number of ether oxygens (including phenoxy) is 1. The second-order valence-electron chi connectivity index (χ2n) is 4.49. The number of methoxy groups -OCH3 is 1. The minimum Gasteiger partial charge on any atom is -0.481 e. The van der Waals surface area contributed by atoms with Crippen LogP contribution in [0.15, 0.2) is 17.3 Å². The average molecular weight is 316 g/mol. The van der Waals surface area contributed by atoms with E-state index >= 15 is 0 Å². The summed E-state index contributed by atoms with van der Waals surface area (Å²) in [4.78, 5) is 14.8. The molecule has 0 aliphatic rings. The van der Waals surface area contributed by atoms with E-state index < -0.39 is 17.6 Å². The number of carboxylic acid groups (broad SMARTS) is 1. The summed E-state index contributed by atoms with van der Waals surface area (Å²) in [5, 5.41) is 9.07. The molecule has 0 bridgehead atoms. The predicted octanol–water partition coefficient (Wildman–Crippen LogP) is 2.53. The molecule has 1 heterocycles. The molecule has 0 spiro atoms. The van der Waals surface area contributed by atoms with Crippen LogP contribution in [0.1, 0.15) is 6.92 Å². The number of carbonyl (C=O) groups is 1. The summed E-state index contributed by atoms with van der Waals surface area (Å²) >= 11 is 0.956. The maximum Gasteiger partial charge on any atom is 0.313 e. The van der Waals surface area contributed by atoms with Gasteiger partial charge in [0.15, 0.2) is 11.0 Å². The molecule has 0 aliphatic heterocycles. The fraction of sp³-hybridized carbons (Fsp3) is 0.385. The molecule has 1 N–H and O–H groups in total. The molecule has 5 nitrogen and oxygen atoms in total. The Balaban J connectivity index is 2.51. The molecule has 8 heteroatoms. The average Bonchev–Trinajstić information content (AvgIpc) is 2.75. The molecule has 1 aromatic heterocycles. The normalized spacial score (nSPS) is 12.8. The lowest BCUT2D eigenvalue weighted by molar-refractivity contribution is -0.133. The number of fused-ring (bicyclic) bond motifs is 1. The number of thioether (sulfide) groups is 1. The van der Waals surface area contributed by atoms with Gasteiger partial charge in [0.05, 0.1) is 23.9 Å². The summed E-state index contributed by atoms with van der Waals surface area (Å²) in [6, 6.07) is 1.93. The minimum absolute atomic E-state index is 0.0209. The second-order valence-corrected chi connectivity index (χ2v) is 5.43. The molecule has 1 atom stereocenters. The van der Waals surface area contributed by atoms with Crippen molar-refractivity contribution in [2.75, 3.05) is 12.9 Å². The Morgan fingerprint density at radius 1 is 1.52 bits per heavy atom. The number of nitrogens with zero attached hydrogens (tertiary/aromatic N) is 2. The van der Waals surface area contributed by atoms with Gasteiger partial charge in [0.2, 0.25) is 0 Å². The molecule has 0 saturated heterocycles. The van der Waals surface area contributed by atoms with E-state index in [9.17, 15) is 13.6 Å². The van der Waals surface area contributed by atoms with Gasteiger partial charge in [-0.3, -0.25) is 4.79 Å². The van der Waals surface area contributed by atoms with Gasteiger partial charge < -0.3 is 14.4 Å². The van der Waals surface area contributed by atoms with Crippen molar-refractivity contribution in [3.8, 4) is 0 Å². The van der Waals surface area contributed by atoms with Crippen LogP contribution in [-0.4, -0.2) is 39.6 Å². The number of hydrogen-bond acceptors (Lipinski definition) is 4.